The molecule has 0 unspecified atom stereocenters. The van der Waals surface area contributed by atoms with Gasteiger partial charge in [-0.15, -0.1) is 0 Å². The molecule has 5 rings (SSSR count). The molecule has 3 N–H and O–H groups in total. The van der Waals surface area contributed by atoms with Gasteiger partial charge in [-0.2, -0.15) is 0 Å². The van der Waals surface area contributed by atoms with Gasteiger partial charge in [0.1, 0.15) is 23.0 Å². The van der Waals surface area contributed by atoms with Gasteiger partial charge in [-0.05, 0) is 48.9 Å². The van der Waals surface area contributed by atoms with Crippen molar-refractivity contribution in [2.24, 2.45) is 0 Å². The van der Waals surface area contributed by atoms with Gasteiger partial charge in [-0.3, -0.25) is 4.79 Å². The van der Waals surface area contributed by atoms with E-state index in [1.165, 1.54) is 24.3 Å². The molecule has 0 aliphatic carbocycles. The zero-order chi connectivity index (χ0) is 25.2. The van der Waals surface area contributed by atoms with Crippen molar-refractivity contribution >= 4 is 11.9 Å². The Bertz CT molecular complexity index is 1230. The van der Waals surface area contributed by atoms with Gasteiger partial charge in [-0.1, -0.05) is 33.6 Å². The van der Waals surface area contributed by atoms with E-state index in [-0.39, 0.29) is 17.4 Å². The van der Waals surface area contributed by atoms with Crippen molar-refractivity contribution in [1.82, 2.24) is 5.32 Å². The number of rotatable bonds is 5. The van der Waals surface area contributed by atoms with Crippen molar-refractivity contribution in [2.45, 2.75) is 45.6 Å². The van der Waals surface area contributed by atoms with Gasteiger partial charge in [0.25, 0.3) is 5.91 Å². The summed E-state index contributed by atoms with van der Waals surface area (Å²) in [5.41, 5.74) is 0.926. The molecule has 1 amide bonds. The summed E-state index contributed by atoms with van der Waals surface area (Å²) in [7, 11) is 0. The molecule has 0 aromatic heterocycles. The first-order valence-electron chi connectivity index (χ1n) is 11.9. The molecule has 0 fully saturated rings. The van der Waals surface area contributed by atoms with Crippen LogP contribution in [0.1, 0.15) is 77.4 Å². The van der Waals surface area contributed by atoms with Gasteiger partial charge in [0.15, 0.2) is 5.60 Å². The first-order chi connectivity index (χ1) is 16.9. The topological polar surface area (TPSA) is 105 Å². The smallest absolute Gasteiger partial charge is 0.340 e. The number of amides is 1. The Morgan fingerprint density at radius 2 is 1.51 bits per heavy atom. The number of hydrogen-bond acceptors (Lipinski definition) is 6. The van der Waals surface area contributed by atoms with Crippen LogP contribution in [-0.4, -0.2) is 28.6 Å². The number of hydrogen-bond donors (Lipinski definition) is 3. The average Bonchev–Trinajstić information content (AvgIpc) is 3.14. The van der Waals surface area contributed by atoms with E-state index >= 15 is 0 Å². The Hall–Kier alpha value is -4.00. The van der Waals surface area contributed by atoms with E-state index in [4.69, 9.17) is 9.47 Å². The van der Waals surface area contributed by atoms with E-state index in [0.29, 0.717) is 45.9 Å². The Morgan fingerprint density at radius 1 is 0.886 bits per heavy atom. The second-order valence-corrected chi connectivity index (χ2v) is 8.26. The lowest BCUT2D eigenvalue weighted by Crippen LogP contribution is -2.33. The second kappa shape index (κ2) is 9.70. The number of nitrogens with one attached hydrogen (secondary N) is 1. The third-order valence-corrected chi connectivity index (χ3v) is 6.10. The fraction of sp³-hybridized carbons (Fsp3) is 0.286. The lowest BCUT2D eigenvalue weighted by atomic mass is 9.77. The van der Waals surface area contributed by atoms with E-state index in [1.54, 1.807) is 30.3 Å². The number of carbonyl (C=O) groups is 2. The number of aromatic hydroxyl groups is 2. The molecule has 2 aliphatic heterocycles. The molecular weight excluding hydrogens is 446 g/mol. The molecule has 182 valence electrons. The van der Waals surface area contributed by atoms with Gasteiger partial charge in [0.2, 0.25) is 0 Å². The van der Waals surface area contributed by atoms with Crippen LogP contribution in [0, 0.1) is 0 Å². The van der Waals surface area contributed by atoms with Gasteiger partial charge in [0.05, 0.1) is 5.56 Å². The molecule has 0 radical (unpaired) electrons. The third kappa shape index (κ3) is 4.07. The maximum absolute atomic E-state index is 13.0. The minimum Gasteiger partial charge on any atom is -0.508 e. The third-order valence-electron chi connectivity index (χ3n) is 6.10. The van der Waals surface area contributed by atoms with E-state index in [1.807, 2.05) is 13.8 Å². The average molecular weight is 476 g/mol. The summed E-state index contributed by atoms with van der Waals surface area (Å²) < 4.78 is 12.0. The van der Waals surface area contributed by atoms with Crippen molar-refractivity contribution in [3.05, 3.63) is 82.4 Å². The molecule has 35 heavy (non-hydrogen) atoms. The summed E-state index contributed by atoms with van der Waals surface area (Å²) in [5.74, 6) is -0.201. The first kappa shape index (κ1) is 24.1. The number of phenolic OH excluding ortho intramolecular Hbond substituents is 2. The Morgan fingerprint density at radius 3 is 2.11 bits per heavy atom. The molecule has 0 atom stereocenters. The number of carbonyl (C=O) groups excluding carboxylic acids is 2. The number of fused-ring (bicyclic) bond motifs is 6. The van der Waals surface area contributed by atoms with Crippen LogP contribution in [0.3, 0.4) is 0 Å². The molecule has 1 spiro atoms. The molecule has 0 saturated carbocycles. The molecule has 3 aromatic rings. The summed E-state index contributed by atoms with van der Waals surface area (Å²) in [4.78, 5) is 25.8. The number of benzene rings is 3. The molecule has 0 saturated heterocycles. The lowest BCUT2D eigenvalue weighted by Gasteiger charge is -2.36. The maximum Gasteiger partial charge on any atom is 0.340 e. The minimum atomic E-state index is -1.38. The van der Waals surface area contributed by atoms with Crippen LogP contribution < -0.4 is 10.1 Å². The largest absolute Gasteiger partial charge is 0.508 e. The van der Waals surface area contributed by atoms with Crippen LogP contribution in [0.2, 0.25) is 0 Å². The molecule has 7 nitrogen and oxygen atoms in total. The summed E-state index contributed by atoms with van der Waals surface area (Å²) in [6.45, 7) is 6.67. The van der Waals surface area contributed by atoms with Crippen molar-refractivity contribution in [3.8, 4) is 23.0 Å². The van der Waals surface area contributed by atoms with Crippen molar-refractivity contribution in [2.75, 3.05) is 6.54 Å². The maximum atomic E-state index is 13.0. The zero-order valence-electron chi connectivity index (χ0n) is 20.1. The monoisotopic (exact) mass is 475 g/mol. The van der Waals surface area contributed by atoms with Crippen LogP contribution >= 0.6 is 0 Å². The van der Waals surface area contributed by atoms with Crippen LogP contribution in [0.4, 0.5) is 0 Å². The number of phenols is 2. The molecule has 3 aromatic carbocycles. The highest BCUT2D eigenvalue weighted by Crippen LogP contribution is 2.57. The molecule has 0 bridgehead atoms. The number of unbranched alkanes of at least 4 members (excludes halogenated alkanes) is 2. The Balaban J connectivity index is 0.00000141. The van der Waals surface area contributed by atoms with E-state index in [9.17, 15) is 19.8 Å². The molecule has 7 heteroatoms. The van der Waals surface area contributed by atoms with Crippen LogP contribution in [-0.2, 0) is 10.3 Å². The van der Waals surface area contributed by atoms with Gasteiger partial charge in [0, 0.05) is 40.9 Å². The highest BCUT2D eigenvalue weighted by Gasteiger charge is 2.53. The summed E-state index contributed by atoms with van der Waals surface area (Å²) in [5, 5.41) is 23.0. The molecular formula is C28H29NO6. The highest BCUT2D eigenvalue weighted by atomic mass is 16.6. The standard InChI is InChI=1S/C26H23NO6.C2H6/c1-2-3-4-11-27-24(30)15-5-8-18-21(12-15)26(33-25(18)31)19-9-6-16(28)13-22(19)32-23-14-17(29)7-10-20(23)26;1-2/h5-10,12-14,28-29H,2-4,11H2,1H3,(H,27,30);1-2H3. The fourth-order valence-corrected chi connectivity index (χ4v) is 4.52. The Labute approximate surface area is 204 Å². The van der Waals surface area contributed by atoms with E-state index in [0.717, 1.165) is 19.3 Å². The zero-order valence-corrected chi connectivity index (χ0v) is 20.1. The summed E-state index contributed by atoms with van der Waals surface area (Å²) in [6.07, 6.45) is 2.98. The predicted octanol–water partition coefficient (Wildman–Crippen LogP) is 5.61. The van der Waals surface area contributed by atoms with E-state index < -0.39 is 11.6 Å². The lowest BCUT2D eigenvalue weighted by molar-refractivity contribution is 0.0224. The van der Waals surface area contributed by atoms with Crippen molar-refractivity contribution in [3.63, 3.8) is 0 Å². The van der Waals surface area contributed by atoms with Gasteiger partial charge in [-0.25, -0.2) is 4.79 Å². The van der Waals surface area contributed by atoms with Crippen molar-refractivity contribution < 1.29 is 29.3 Å². The first-order valence-corrected chi connectivity index (χ1v) is 11.9. The van der Waals surface area contributed by atoms with Crippen LogP contribution in [0.25, 0.3) is 0 Å². The second-order valence-electron chi connectivity index (χ2n) is 8.26. The summed E-state index contributed by atoms with van der Waals surface area (Å²) >= 11 is 0. The quantitative estimate of drug-likeness (QED) is 0.327. The SMILES string of the molecule is CC.CCCCCNC(=O)c1ccc2c(c1)C1(OC2=O)c2ccc(O)cc2Oc2cc(O)ccc21. The minimum absolute atomic E-state index is 0.0164. The molecule has 2 aliphatic rings. The highest BCUT2D eigenvalue weighted by molar-refractivity contribution is 6.00. The van der Waals surface area contributed by atoms with Crippen LogP contribution in [0.15, 0.2) is 54.6 Å². The molecule has 2 heterocycles. The number of ether oxygens (including phenoxy) is 2. The Kier molecular flexibility index (Phi) is 6.69. The van der Waals surface area contributed by atoms with Crippen LogP contribution in [0.5, 0.6) is 23.0 Å². The fourth-order valence-electron chi connectivity index (χ4n) is 4.52. The predicted molar refractivity (Wildman–Crippen MR) is 131 cm³/mol. The van der Waals surface area contributed by atoms with Gasteiger partial charge >= 0.3 is 5.97 Å². The van der Waals surface area contributed by atoms with E-state index in [2.05, 4.69) is 12.2 Å². The normalized spacial score (nSPS) is 14.0. The van der Waals surface area contributed by atoms with Crippen molar-refractivity contribution in [1.29, 1.82) is 0 Å². The van der Waals surface area contributed by atoms with Gasteiger partial charge < -0.3 is 25.0 Å². The summed E-state index contributed by atoms with van der Waals surface area (Å²) in [6, 6.07) is 14.0. The number of esters is 1.